The molecule has 0 bridgehead atoms. The van der Waals surface area contributed by atoms with Crippen LogP contribution in [0.4, 0.5) is 10.5 Å². The Morgan fingerprint density at radius 1 is 1.03 bits per heavy atom. The van der Waals surface area contributed by atoms with Crippen LogP contribution in [0.1, 0.15) is 68.8 Å². The van der Waals surface area contributed by atoms with Crippen molar-refractivity contribution in [3.63, 3.8) is 0 Å². The minimum atomic E-state index is -1.27. The molecule has 8 nitrogen and oxygen atoms in total. The van der Waals surface area contributed by atoms with E-state index < -0.39 is 36.3 Å². The van der Waals surface area contributed by atoms with Crippen LogP contribution in [-0.4, -0.2) is 52.7 Å². The minimum Gasteiger partial charge on any atom is -0.444 e. The Labute approximate surface area is 220 Å². The molecule has 0 aromatic heterocycles. The molecular formula is C29H41N3O5. The molecule has 202 valence electrons. The van der Waals surface area contributed by atoms with Crippen LogP contribution in [-0.2, 0) is 14.3 Å². The first-order valence-corrected chi connectivity index (χ1v) is 12.7. The quantitative estimate of drug-likeness (QED) is 0.424. The van der Waals surface area contributed by atoms with E-state index in [1.165, 1.54) is 4.90 Å². The summed E-state index contributed by atoms with van der Waals surface area (Å²) in [5, 5.41) is 15.5. The summed E-state index contributed by atoms with van der Waals surface area (Å²) in [6.07, 6.45) is 0.601. The fraction of sp³-hybridized carbons (Fsp3) is 0.483. The molecule has 2 rings (SSSR count). The van der Waals surface area contributed by atoms with E-state index in [4.69, 9.17) is 4.74 Å². The number of amides is 3. The van der Waals surface area contributed by atoms with Gasteiger partial charge in [0, 0.05) is 12.2 Å². The molecule has 8 heteroatoms. The number of rotatable bonds is 10. The van der Waals surface area contributed by atoms with Crippen LogP contribution in [0.5, 0.6) is 0 Å². The number of alkyl carbamates (subject to hydrolysis) is 1. The third kappa shape index (κ3) is 8.89. The van der Waals surface area contributed by atoms with Crippen molar-refractivity contribution in [3.05, 3.63) is 64.7 Å². The Morgan fingerprint density at radius 3 is 2.19 bits per heavy atom. The van der Waals surface area contributed by atoms with Crippen molar-refractivity contribution in [2.75, 3.05) is 18.5 Å². The summed E-state index contributed by atoms with van der Waals surface area (Å²) < 4.78 is 5.29. The third-order valence-electron chi connectivity index (χ3n) is 5.73. The number of aryl methyl sites for hydroxylation is 3. The highest BCUT2D eigenvalue weighted by Crippen LogP contribution is 2.27. The summed E-state index contributed by atoms with van der Waals surface area (Å²) in [5.41, 5.74) is 3.33. The predicted octanol–water partition coefficient (Wildman–Crippen LogP) is 4.81. The monoisotopic (exact) mass is 511 g/mol. The summed E-state index contributed by atoms with van der Waals surface area (Å²) in [6, 6.07) is 10.9. The highest BCUT2D eigenvalue weighted by Gasteiger charge is 2.36. The normalized spacial score (nSPS) is 12.9. The van der Waals surface area contributed by atoms with Gasteiger partial charge in [0.1, 0.15) is 17.7 Å². The van der Waals surface area contributed by atoms with Gasteiger partial charge in [0.15, 0.2) is 0 Å². The maximum Gasteiger partial charge on any atom is 0.408 e. The first-order chi connectivity index (χ1) is 17.4. The number of benzene rings is 2. The predicted molar refractivity (Wildman–Crippen MR) is 145 cm³/mol. The second-order valence-electron chi connectivity index (χ2n) is 10.4. The molecule has 2 aromatic rings. The smallest absolute Gasteiger partial charge is 0.408 e. The van der Waals surface area contributed by atoms with Crippen LogP contribution in [0.25, 0.3) is 0 Å². The van der Waals surface area contributed by atoms with Crippen LogP contribution in [0, 0.1) is 20.8 Å². The zero-order valence-electron chi connectivity index (χ0n) is 23.1. The minimum absolute atomic E-state index is 0.265. The lowest BCUT2D eigenvalue weighted by Crippen LogP contribution is -2.54. The number of nitrogens with zero attached hydrogens (tertiary/aromatic N) is 1. The lowest BCUT2D eigenvalue weighted by Gasteiger charge is -2.34. The number of aliphatic hydroxyl groups excluding tert-OH is 1. The molecular weight excluding hydrogens is 470 g/mol. The van der Waals surface area contributed by atoms with Crippen molar-refractivity contribution < 1.29 is 24.2 Å². The molecule has 0 heterocycles. The number of nitrogens with one attached hydrogen (secondary N) is 2. The van der Waals surface area contributed by atoms with Crippen molar-refractivity contribution in [2.45, 2.75) is 79.0 Å². The molecule has 0 saturated heterocycles. The van der Waals surface area contributed by atoms with E-state index in [9.17, 15) is 19.5 Å². The van der Waals surface area contributed by atoms with Crippen molar-refractivity contribution >= 4 is 23.6 Å². The van der Waals surface area contributed by atoms with Crippen molar-refractivity contribution in [3.8, 4) is 0 Å². The number of anilines is 1. The highest BCUT2D eigenvalue weighted by atomic mass is 16.6. The SMILES string of the molecule is CCCCN(C(=O)C(CO)NC(=O)OC(C)(C)C)C(C(=O)Nc1ccccc1C)c1cc(C)cc(C)c1. The molecule has 0 aliphatic carbocycles. The first-order valence-electron chi connectivity index (χ1n) is 12.7. The zero-order valence-corrected chi connectivity index (χ0v) is 23.1. The summed E-state index contributed by atoms with van der Waals surface area (Å²) in [6.45, 7) is 12.5. The molecule has 3 N–H and O–H groups in total. The average Bonchev–Trinajstić information content (AvgIpc) is 2.79. The molecule has 2 unspecified atom stereocenters. The summed E-state index contributed by atoms with van der Waals surface area (Å²) >= 11 is 0. The number of ether oxygens (including phenoxy) is 1. The van der Waals surface area contributed by atoms with Crippen molar-refractivity contribution in [1.29, 1.82) is 0 Å². The molecule has 2 atom stereocenters. The van der Waals surface area contributed by atoms with E-state index in [1.807, 2.05) is 70.2 Å². The average molecular weight is 512 g/mol. The highest BCUT2D eigenvalue weighted by molar-refractivity contribution is 5.99. The van der Waals surface area contributed by atoms with Crippen LogP contribution in [0.2, 0.25) is 0 Å². The number of hydrogen-bond donors (Lipinski definition) is 3. The fourth-order valence-electron chi connectivity index (χ4n) is 4.09. The molecule has 0 fully saturated rings. The van der Waals surface area contributed by atoms with Gasteiger partial charge in [-0.25, -0.2) is 4.79 Å². The number of para-hydroxylation sites is 1. The topological polar surface area (TPSA) is 108 Å². The molecule has 0 saturated carbocycles. The summed E-state index contributed by atoms with van der Waals surface area (Å²) in [4.78, 5) is 41.5. The van der Waals surface area contributed by atoms with Crippen LogP contribution < -0.4 is 10.6 Å². The van der Waals surface area contributed by atoms with Gasteiger partial charge in [0.25, 0.3) is 5.91 Å². The summed E-state index contributed by atoms with van der Waals surface area (Å²) in [7, 11) is 0. The first kappa shape index (κ1) is 29.8. The number of unbranched alkanes of at least 4 members (excludes halogenated alkanes) is 1. The van der Waals surface area contributed by atoms with E-state index in [-0.39, 0.29) is 12.5 Å². The van der Waals surface area contributed by atoms with Gasteiger partial charge in [0.2, 0.25) is 5.91 Å². The second-order valence-corrected chi connectivity index (χ2v) is 10.4. The van der Waals surface area contributed by atoms with Gasteiger partial charge in [-0.15, -0.1) is 0 Å². The van der Waals surface area contributed by atoms with Gasteiger partial charge in [0.05, 0.1) is 6.61 Å². The zero-order chi connectivity index (χ0) is 27.8. The molecule has 37 heavy (non-hydrogen) atoms. The van der Waals surface area contributed by atoms with Gasteiger partial charge in [-0.1, -0.05) is 60.9 Å². The number of carbonyl (C=O) groups excluding carboxylic acids is 3. The Kier molecular flexibility index (Phi) is 10.7. The van der Waals surface area contributed by atoms with Gasteiger partial charge < -0.3 is 25.4 Å². The number of carbonyl (C=O) groups is 3. The molecule has 0 aliphatic rings. The Bertz CT molecular complexity index is 1070. The molecule has 3 amide bonds. The Morgan fingerprint density at radius 2 is 1.65 bits per heavy atom. The van der Waals surface area contributed by atoms with E-state index in [0.717, 1.165) is 23.1 Å². The lowest BCUT2D eigenvalue weighted by atomic mass is 9.98. The maximum absolute atomic E-state index is 13.8. The molecule has 0 radical (unpaired) electrons. The molecule has 0 spiro atoms. The molecule has 0 aliphatic heterocycles. The number of aliphatic hydroxyl groups is 1. The van der Waals surface area contributed by atoms with Crippen LogP contribution in [0.3, 0.4) is 0 Å². The summed E-state index contributed by atoms with van der Waals surface area (Å²) in [5.74, 6) is -0.941. The van der Waals surface area contributed by atoms with Gasteiger partial charge in [-0.05, 0) is 65.2 Å². The fourth-order valence-corrected chi connectivity index (χ4v) is 4.09. The van der Waals surface area contributed by atoms with E-state index in [2.05, 4.69) is 10.6 Å². The van der Waals surface area contributed by atoms with Crippen LogP contribution in [0.15, 0.2) is 42.5 Å². The second kappa shape index (κ2) is 13.2. The van der Waals surface area contributed by atoms with E-state index >= 15 is 0 Å². The van der Waals surface area contributed by atoms with Crippen molar-refractivity contribution in [1.82, 2.24) is 10.2 Å². The van der Waals surface area contributed by atoms with Crippen molar-refractivity contribution in [2.24, 2.45) is 0 Å². The largest absolute Gasteiger partial charge is 0.444 e. The molecule has 2 aromatic carbocycles. The standard InChI is InChI=1S/C29H41N3O5/c1-8-9-14-32(27(35)24(18-33)31-28(36)37-29(5,6)7)25(22-16-19(2)15-20(3)17-22)26(34)30-23-13-11-10-12-21(23)4/h10-13,15-17,24-25,33H,8-9,14,18H2,1-7H3,(H,30,34)(H,31,36). The van der Waals surface area contributed by atoms with E-state index in [0.29, 0.717) is 17.7 Å². The van der Waals surface area contributed by atoms with Gasteiger partial charge in [-0.2, -0.15) is 0 Å². The van der Waals surface area contributed by atoms with Gasteiger partial charge in [-0.3, -0.25) is 9.59 Å². The third-order valence-corrected chi connectivity index (χ3v) is 5.73. The Balaban J connectivity index is 2.52. The Hall–Kier alpha value is -3.39. The maximum atomic E-state index is 13.8. The number of hydrogen-bond acceptors (Lipinski definition) is 5. The lowest BCUT2D eigenvalue weighted by molar-refractivity contribution is -0.141. The van der Waals surface area contributed by atoms with E-state index in [1.54, 1.807) is 20.8 Å². The van der Waals surface area contributed by atoms with Gasteiger partial charge >= 0.3 is 6.09 Å². The van der Waals surface area contributed by atoms with Crippen LogP contribution >= 0.6 is 0 Å².